The Hall–Kier alpha value is -3.83. The van der Waals surface area contributed by atoms with Crippen LogP contribution < -0.4 is 10.5 Å². The van der Waals surface area contributed by atoms with E-state index < -0.39 is 0 Å². The SMILES string of the molecule is CN(C)c1cccc(-c2ccc(-n3c(=N)n(Cc4ccccc4Cl)c4ccccc43)cn2)c1. The van der Waals surface area contributed by atoms with E-state index in [0.717, 1.165) is 39.2 Å². The lowest BCUT2D eigenvalue weighted by Crippen LogP contribution is -2.24. The Morgan fingerprint density at radius 1 is 0.879 bits per heavy atom. The molecule has 164 valence electrons. The average Bonchev–Trinajstić information content (AvgIpc) is 3.12. The van der Waals surface area contributed by atoms with E-state index in [0.29, 0.717) is 17.2 Å². The van der Waals surface area contributed by atoms with Crippen LogP contribution in [0.4, 0.5) is 5.69 Å². The van der Waals surface area contributed by atoms with Crippen LogP contribution in [0.2, 0.25) is 5.02 Å². The molecule has 0 unspecified atom stereocenters. The van der Waals surface area contributed by atoms with Crippen LogP contribution in [0.3, 0.4) is 0 Å². The van der Waals surface area contributed by atoms with Gasteiger partial charge in [0, 0.05) is 30.4 Å². The molecule has 0 saturated carbocycles. The summed E-state index contributed by atoms with van der Waals surface area (Å²) in [6, 6.07) is 28.2. The van der Waals surface area contributed by atoms with Crippen molar-refractivity contribution >= 4 is 28.3 Å². The normalized spacial score (nSPS) is 11.1. The summed E-state index contributed by atoms with van der Waals surface area (Å²) >= 11 is 6.41. The summed E-state index contributed by atoms with van der Waals surface area (Å²) in [5, 5.41) is 9.68. The van der Waals surface area contributed by atoms with Crippen LogP contribution in [-0.4, -0.2) is 28.2 Å². The number of para-hydroxylation sites is 2. The second-order valence-electron chi connectivity index (χ2n) is 8.17. The first-order valence-electron chi connectivity index (χ1n) is 10.8. The Morgan fingerprint density at radius 3 is 2.36 bits per heavy atom. The predicted molar refractivity (Wildman–Crippen MR) is 135 cm³/mol. The molecule has 1 N–H and O–H groups in total. The molecule has 2 heterocycles. The molecule has 33 heavy (non-hydrogen) atoms. The van der Waals surface area contributed by atoms with Gasteiger partial charge in [0.25, 0.3) is 0 Å². The molecule has 6 heteroatoms. The number of halogens is 1. The number of anilines is 1. The summed E-state index contributed by atoms with van der Waals surface area (Å²) < 4.78 is 3.91. The molecule has 5 rings (SSSR count). The Balaban J connectivity index is 1.58. The Morgan fingerprint density at radius 2 is 1.64 bits per heavy atom. The molecule has 0 spiro atoms. The van der Waals surface area contributed by atoms with Gasteiger partial charge in [-0.2, -0.15) is 0 Å². The molecule has 0 saturated heterocycles. The van der Waals surface area contributed by atoms with Crippen LogP contribution in [0.5, 0.6) is 0 Å². The van der Waals surface area contributed by atoms with Crippen molar-refractivity contribution in [3.63, 3.8) is 0 Å². The molecule has 3 aromatic carbocycles. The highest BCUT2D eigenvalue weighted by atomic mass is 35.5. The topological polar surface area (TPSA) is 49.8 Å². The highest BCUT2D eigenvalue weighted by Gasteiger charge is 2.14. The van der Waals surface area contributed by atoms with Crippen LogP contribution in [0.25, 0.3) is 28.0 Å². The van der Waals surface area contributed by atoms with Gasteiger partial charge in [0.05, 0.1) is 35.2 Å². The van der Waals surface area contributed by atoms with Crippen molar-refractivity contribution < 1.29 is 0 Å². The Labute approximate surface area is 197 Å². The van der Waals surface area contributed by atoms with Gasteiger partial charge < -0.3 is 9.47 Å². The molecule has 0 atom stereocenters. The third-order valence-corrected chi connectivity index (χ3v) is 6.20. The molecular formula is C27H24ClN5. The summed E-state index contributed by atoms with van der Waals surface area (Å²) in [6.07, 6.45) is 1.84. The third kappa shape index (κ3) is 3.92. The van der Waals surface area contributed by atoms with E-state index in [1.807, 2.05) is 96.2 Å². The van der Waals surface area contributed by atoms with E-state index >= 15 is 0 Å². The summed E-state index contributed by atoms with van der Waals surface area (Å²) in [6.45, 7) is 0.523. The summed E-state index contributed by atoms with van der Waals surface area (Å²) in [7, 11) is 4.06. The number of imidazole rings is 1. The Kier molecular flexibility index (Phi) is 5.48. The lowest BCUT2D eigenvalue weighted by atomic mass is 10.1. The smallest absolute Gasteiger partial charge is 0.208 e. The molecule has 0 bridgehead atoms. The molecule has 0 aliphatic rings. The number of hydrogen-bond acceptors (Lipinski definition) is 3. The van der Waals surface area contributed by atoms with Crippen molar-refractivity contribution in [2.24, 2.45) is 0 Å². The van der Waals surface area contributed by atoms with Crippen molar-refractivity contribution in [1.29, 1.82) is 5.41 Å². The zero-order valence-corrected chi connectivity index (χ0v) is 19.3. The van der Waals surface area contributed by atoms with Gasteiger partial charge in [-0.25, -0.2) is 0 Å². The number of nitrogens with one attached hydrogen (secondary N) is 1. The van der Waals surface area contributed by atoms with E-state index in [4.69, 9.17) is 22.0 Å². The van der Waals surface area contributed by atoms with E-state index in [1.165, 1.54) is 0 Å². The van der Waals surface area contributed by atoms with Gasteiger partial charge >= 0.3 is 0 Å². The highest BCUT2D eigenvalue weighted by Crippen LogP contribution is 2.25. The van der Waals surface area contributed by atoms with E-state index in [9.17, 15) is 0 Å². The maximum Gasteiger partial charge on any atom is 0.208 e. The minimum absolute atomic E-state index is 0.375. The zero-order chi connectivity index (χ0) is 22.9. The van der Waals surface area contributed by atoms with Gasteiger partial charge in [0.2, 0.25) is 5.62 Å². The number of pyridine rings is 1. The van der Waals surface area contributed by atoms with Gasteiger partial charge in [-0.05, 0) is 48.0 Å². The molecule has 5 aromatic rings. The van der Waals surface area contributed by atoms with Crippen LogP contribution in [0.1, 0.15) is 5.56 Å². The van der Waals surface area contributed by atoms with Crippen LogP contribution in [0, 0.1) is 5.41 Å². The van der Waals surface area contributed by atoms with Crippen molar-refractivity contribution in [3.8, 4) is 16.9 Å². The van der Waals surface area contributed by atoms with Gasteiger partial charge in [-0.1, -0.05) is 54.1 Å². The molecular weight excluding hydrogens is 430 g/mol. The summed E-state index contributed by atoms with van der Waals surface area (Å²) in [5.41, 5.74) is 7.23. The molecule has 0 aliphatic heterocycles. The van der Waals surface area contributed by atoms with Crippen molar-refractivity contribution in [2.75, 3.05) is 19.0 Å². The predicted octanol–water partition coefficient (Wildman–Crippen LogP) is 5.74. The largest absolute Gasteiger partial charge is 0.378 e. The number of nitrogens with zero attached hydrogens (tertiary/aromatic N) is 4. The standard InChI is InChI=1S/C27H24ClN5/c1-31(2)21-10-7-9-19(16-21)24-15-14-22(17-30-24)33-26-13-6-5-12-25(26)32(27(33)29)18-20-8-3-4-11-23(20)28/h3-17,29H,18H2,1-2H3. The molecule has 0 radical (unpaired) electrons. The number of fused-ring (bicyclic) bond motifs is 1. The van der Waals surface area contributed by atoms with Gasteiger partial charge in [-0.15, -0.1) is 0 Å². The monoisotopic (exact) mass is 453 g/mol. The van der Waals surface area contributed by atoms with Crippen molar-refractivity contribution in [1.82, 2.24) is 14.1 Å². The maximum absolute atomic E-state index is 8.97. The molecule has 5 nitrogen and oxygen atoms in total. The lowest BCUT2D eigenvalue weighted by molar-refractivity contribution is 0.723. The second kappa shape index (κ2) is 8.60. The first kappa shape index (κ1) is 21.0. The molecule has 0 fully saturated rings. The van der Waals surface area contributed by atoms with Gasteiger partial charge in [0.15, 0.2) is 0 Å². The van der Waals surface area contributed by atoms with E-state index in [2.05, 4.69) is 23.1 Å². The van der Waals surface area contributed by atoms with Gasteiger partial charge in [-0.3, -0.25) is 15.0 Å². The van der Waals surface area contributed by atoms with Crippen LogP contribution in [-0.2, 0) is 6.54 Å². The number of aromatic nitrogens is 3. The zero-order valence-electron chi connectivity index (χ0n) is 18.5. The highest BCUT2D eigenvalue weighted by molar-refractivity contribution is 6.31. The quantitative estimate of drug-likeness (QED) is 0.369. The fraction of sp³-hybridized carbons (Fsp3) is 0.111. The maximum atomic E-state index is 8.97. The number of hydrogen-bond donors (Lipinski definition) is 1. The summed E-state index contributed by atoms with van der Waals surface area (Å²) in [5.74, 6) is 0. The van der Waals surface area contributed by atoms with Crippen LogP contribution >= 0.6 is 11.6 Å². The molecule has 2 aromatic heterocycles. The average molecular weight is 454 g/mol. The third-order valence-electron chi connectivity index (χ3n) is 5.83. The fourth-order valence-corrected chi connectivity index (χ4v) is 4.28. The first-order chi connectivity index (χ1) is 16.0. The van der Waals surface area contributed by atoms with Crippen molar-refractivity contribution in [2.45, 2.75) is 6.54 Å². The number of benzene rings is 3. The van der Waals surface area contributed by atoms with Crippen molar-refractivity contribution in [3.05, 3.63) is 107 Å². The molecule has 0 aliphatic carbocycles. The second-order valence-corrected chi connectivity index (χ2v) is 8.58. The van der Waals surface area contributed by atoms with E-state index in [1.54, 1.807) is 0 Å². The Bertz CT molecular complexity index is 1500. The first-order valence-corrected chi connectivity index (χ1v) is 11.1. The van der Waals surface area contributed by atoms with E-state index in [-0.39, 0.29) is 0 Å². The van der Waals surface area contributed by atoms with Crippen LogP contribution in [0.15, 0.2) is 91.1 Å². The summed E-state index contributed by atoms with van der Waals surface area (Å²) in [4.78, 5) is 6.81. The lowest BCUT2D eigenvalue weighted by Gasteiger charge is -2.13. The fourth-order valence-electron chi connectivity index (χ4n) is 4.08. The number of rotatable bonds is 5. The van der Waals surface area contributed by atoms with Gasteiger partial charge in [0.1, 0.15) is 0 Å². The minimum Gasteiger partial charge on any atom is -0.378 e. The molecule has 0 amide bonds. The minimum atomic E-state index is 0.375.